The third kappa shape index (κ3) is 214. The van der Waals surface area contributed by atoms with Crippen molar-refractivity contribution in [2.45, 2.75) is 79.1 Å². The maximum atomic E-state index is 8.63. The molecular formula is C16H36Mo6NO24-11. The maximum absolute atomic E-state index is 8.63. The van der Waals surface area contributed by atoms with Gasteiger partial charge in [0, 0.05) is 0 Å². The van der Waals surface area contributed by atoms with Gasteiger partial charge in [0.1, 0.15) is 0 Å². The Morgan fingerprint density at radius 2 is 0.383 bits per heavy atom. The Balaban J connectivity index is -0.0000000884. The minimum absolute atomic E-state index is 1.35. The van der Waals surface area contributed by atoms with Gasteiger partial charge < -0.3 is 4.48 Å². The fourth-order valence-corrected chi connectivity index (χ4v) is 2.64. The molecule has 0 bridgehead atoms. The van der Waals surface area contributed by atoms with Crippen LogP contribution in [0.4, 0.5) is 0 Å². The molecule has 25 nitrogen and oxygen atoms in total. The predicted octanol–water partition coefficient (Wildman–Crippen LogP) is -10.7. The van der Waals surface area contributed by atoms with Crippen LogP contribution in [-0.2, 0) is 141 Å². The molecule has 296 valence electrons. The number of unbranched alkanes of at least 4 members (excludes halogenated alkanes) is 4. The molecule has 0 aromatic carbocycles. The normalized spacial score (nSPS) is 11.7. The van der Waals surface area contributed by atoms with Crippen LogP contribution in [0.1, 0.15) is 79.1 Å². The van der Waals surface area contributed by atoms with Crippen molar-refractivity contribution < 1.29 is 191 Å². The van der Waals surface area contributed by atoms with Crippen LogP contribution >= 0.6 is 0 Å². The van der Waals surface area contributed by atoms with Gasteiger partial charge in [0.2, 0.25) is 0 Å². The summed E-state index contributed by atoms with van der Waals surface area (Å²) in [4.78, 5) is 0. The second-order valence-electron chi connectivity index (χ2n) is 8.10. The molecule has 0 fully saturated rings. The summed E-state index contributed by atoms with van der Waals surface area (Å²) >= 11 is -36.1. The van der Waals surface area contributed by atoms with E-state index < -0.39 is 100 Å². The van der Waals surface area contributed by atoms with Crippen LogP contribution in [0, 0.1) is 0 Å². The monoisotopic (exact) mass is 1210 g/mol. The number of hydrogen-bond donors (Lipinski definition) is 0. The third-order valence-electron chi connectivity index (χ3n) is 3.94. The molecule has 47 heavy (non-hydrogen) atoms. The SMILES string of the molecule is CCCC[N+](CCCC)(CCCC)CCCC.[O]=[Mo](=[O])([O-])[O-].[O]=[Mo](=[O])([O-])[O-].[O]=[Mo](=[O])([O-])[O-].[O]=[Mo](=[O])([O-])[O-].[O]=[Mo](=[O])([O-])[O-].[O]=[Mo](=[O])([O-])[O-]. The van der Waals surface area contributed by atoms with Crippen molar-refractivity contribution in [2.24, 2.45) is 0 Å². The van der Waals surface area contributed by atoms with Gasteiger partial charge in [0.05, 0.1) is 26.2 Å². The van der Waals surface area contributed by atoms with Gasteiger partial charge in [-0.15, -0.1) is 0 Å². The van der Waals surface area contributed by atoms with Crippen LogP contribution in [0.2, 0.25) is 0 Å². The van der Waals surface area contributed by atoms with Gasteiger partial charge >= 0.3 is 186 Å². The van der Waals surface area contributed by atoms with E-state index in [1.807, 2.05) is 0 Å². The molecule has 0 heterocycles. The van der Waals surface area contributed by atoms with Crippen LogP contribution in [-0.4, -0.2) is 30.7 Å². The summed E-state index contributed by atoms with van der Waals surface area (Å²) < 4.78 is 208. The van der Waals surface area contributed by atoms with Crippen LogP contribution in [0.15, 0.2) is 0 Å². The van der Waals surface area contributed by atoms with E-state index in [0.717, 1.165) is 0 Å². The first-order valence-corrected chi connectivity index (χ1v) is 31.8. The van der Waals surface area contributed by atoms with Crippen LogP contribution in [0.3, 0.4) is 0 Å². The topological polar surface area (TPSA) is 482 Å². The molecule has 0 aromatic heterocycles. The van der Waals surface area contributed by atoms with Gasteiger partial charge in [0.25, 0.3) is 0 Å². The Morgan fingerprint density at radius 1 is 0.298 bits per heavy atom. The molecule has 0 spiro atoms. The molecule has 0 aliphatic carbocycles. The van der Waals surface area contributed by atoms with E-state index in [0.29, 0.717) is 0 Å². The zero-order valence-corrected chi connectivity index (χ0v) is 37.2. The molecule has 0 saturated carbocycles. The van der Waals surface area contributed by atoms with Gasteiger partial charge in [-0.05, 0) is 25.7 Å². The van der Waals surface area contributed by atoms with E-state index in [1.54, 1.807) is 0 Å². The first-order chi connectivity index (χ1) is 20.2. The number of nitrogens with zero attached hydrogens (tertiary/aromatic N) is 1. The Bertz CT molecular complexity index is 1050. The first-order valence-electron chi connectivity index (χ1n) is 12.1. The minimum atomic E-state index is -6.02. The molecule has 0 atom stereocenters. The molecule has 0 saturated heterocycles. The van der Waals surface area contributed by atoms with Crippen molar-refractivity contribution in [3.8, 4) is 0 Å². The summed E-state index contributed by atoms with van der Waals surface area (Å²) in [6.07, 6.45) is 11.1. The van der Waals surface area contributed by atoms with Gasteiger partial charge in [0.15, 0.2) is 0 Å². The molecular weight excluding hydrogens is 1170 g/mol. The Hall–Kier alpha value is 1.21. The van der Waals surface area contributed by atoms with E-state index in [-0.39, 0.29) is 0 Å². The summed E-state index contributed by atoms with van der Waals surface area (Å²) in [5.41, 5.74) is 0. The van der Waals surface area contributed by atoms with E-state index in [9.17, 15) is 0 Å². The van der Waals surface area contributed by atoms with E-state index in [4.69, 9.17) is 85.9 Å². The average Bonchev–Trinajstić information content (AvgIpc) is 2.71. The summed E-state index contributed by atoms with van der Waals surface area (Å²) in [6.45, 7) is 15.0. The number of quaternary nitrogens is 1. The zero-order valence-electron chi connectivity index (χ0n) is 25.2. The Labute approximate surface area is 293 Å². The zero-order chi connectivity index (χ0) is 40.0. The molecule has 0 rings (SSSR count). The molecule has 0 unspecified atom stereocenters. The van der Waals surface area contributed by atoms with E-state index in [1.165, 1.54) is 82.0 Å². The van der Waals surface area contributed by atoms with Crippen molar-refractivity contribution in [1.82, 2.24) is 0 Å². The predicted molar refractivity (Wildman–Crippen MR) is 87.6 cm³/mol. The van der Waals surface area contributed by atoms with Gasteiger partial charge in [-0.3, -0.25) is 0 Å². The quantitative estimate of drug-likeness (QED) is 0.129. The van der Waals surface area contributed by atoms with Gasteiger partial charge in [-0.2, -0.15) is 0 Å². The average molecular weight is 1200 g/mol. The second-order valence-corrected chi connectivity index (χ2v) is 20.1. The van der Waals surface area contributed by atoms with Crippen molar-refractivity contribution in [2.75, 3.05) is 26.2 Å². The van der Waals surface area contributed by atoms with Crippen molar-refractivity contribution >= 4 is 0 Å². The summed E-state index contributed by atoms with van der Waals surface area (Å²) in [5, 5.41) is 0. The third-order valence-corrected chi connectivity index (χ3v) is 3.94. The molecule has 0 N–H and O–H groups in total. The fraction of sp³-hybridized carbons (Fsp3) is 1.00. The van der Waals surface area contributed by atoms with Crippen LogP contribution in [0.25, 0.3) is 0 Å². The Morgan fingerprint density at radius 3 is 0.447 bits per heavy atom. The molecule has 31 heteroatoms. The molecule has 0 aliphatic heterocycles. The number of hydrogen-bond acceptors (Lipinski definition) is 24. The van der Waals surface area contributed by atoms with E-state index >= 15 is 0 Å². The molecule has 0 radical (unpaired) electrons. The summed E-state index contributed by atoms with van der Waals surface area (Å²) in [6, 6.07) is 0. The summed E-state index contributed by atoms with van der Waals surface area (Å²) in [5.74, 6) is 0. The van der Waals surface area contributed by atoms with Crippen LogP contribution < -0.4 is 45.1 Å². The van der Waals surface area contributed by atoms with Crippen molar-refractivity contribution in [1.29, 1.82) is 0 Å². The Kier molecular flexibility index (Phi) is 44.5. The standard InChI is InChI=1S/C16H36N.6Mo.24O/c1-5-9-13-17(14-10-6-2,15-11-7-3)16-12-8-4;;;;;;;;;;;;;;;;;;;;;;;;;;;;;;/h5-16H2,1-4H3;;;;;;;;;;;;;;;;;;;;;;;;;;;;;;/q+1;;;;;;;;;;;;;;;;;;;12*-1. The van der Waals surface area contributed by atoms with Gasteiger partial charge in [-0.25, -0.2) is 0 Å². The second kappa shape index (κ2) is 33.1. The van der Waals surface area contributed by atoms with E-state index in [2.05, 4.69) is 27.7 Å². The molecule has 0 aromatic rings. The first kappa shape index (κ1) is 63.3. The molecule has 0 aliphatic rings. The molecule has 0 amide bonds. The fourth-order valence-electron chi connectivity index (χ4n) is 2.64. The van der Waals surface area contributed by atoms with Crippen molar-refractivity contribution in [3.05, 3.63) is 0 Å². The van der Waals surface area contributed by atoms with Crippen LogP contribution in [0.5, 0.6) is 0 Å². The summed E-state index contributed by atoms with van der Waals surface area (Å²) in [7, 11) is 0. The van der Waals surface area contributed by atoms with Gasteiger partial charge in [-0.1, -0.05) is 53.4 Å². The van der Waals surface area contributed by atoms with Crippen molar-refractivity contribution in [3.63, 3.8) is 0 Å². The number of rotatable bonds is 12.